The first-order valence-electron chi connectivity index (χ1n) is 7.44. The number of nitrogens with zero attached hydrogens (tertiary/aromatic N) is 1. The van der Waals surface area contributed by atoms with Crippen molar-refractivity contribution in [3.05, 3.63) is 40.0 Å². The first kappa shape index (κ1) is 17.0. The topological polar surface area (TPSA) is 102 Å². The number of benzene rings is 1. The summed E-state index contributed by atoms with van der Waals surface area (Å²) in [6.45, 7) is 0.283. The van der Waals surface area contributed by atoms with E-state index in [1.807, 2.05) is 0 Å². The Morgan fingerprint density at radius 2 is 2.17 bits per heavy atom. The van der Waals surface area contributed by atoms with Crippen LogP contribution < -0.4 is 5.32 Å². The van der Waals surface area contributed by atoms with Crippen LogP contribution >= 0.6 is 0 Å². The normalized spacial score (nSPS) is 16.4. The Kier molecular flexibility index (Phi) is 5.33. The molecule has 2 N–H and O–H groups in total. The summed E-state index contributed by atoms with van der Waals surface area (Å²) in [5.41, 5.74) is -0.0199. The van der Waals surface area contributed by atoms with Crippen LogP contribution in [0, 0.1) is 10.1 Å². The van der Waals surface area contributed by atoms with Crippen molar-refractivity contribution in [1.29, 1.82) is 0 Å². The van der Waals surface area contributed by atoms with Crippen LogP contribution in [0.1, 0.15) is 31.2 Å². The van der Waals surface area contributed by atoms with Gasteiger partial charge in [0.05, 0.1) is 17.6 Å². The Labute approximate surface area is 134 Å². The van der Waals surface area contributed by atoms with Crippen LogP contribution in [0.25, 0.3) is 6.08 Å². The monoisotopic (exact) mass is 320 g/mol. The fraction of sp³-hybridized carbons (Fsp3) is 0.438. The first-order chi connectivity index (χ1) is 10.9. The third kappa shape index (κ3) is 4.53. The molecule has 0 aromatic heterocycles. The van der Waals surface area contributed by atoms with E-state index in [0.29, 0.717) is 24.1 Å². The number of hydrogen-bond donors (Lipinski definition) is 2. The first-order valence-corrected chi connectivity index (χ1v) is 7.44. The molecule has 0 amide bonds. The number of nitro groups is 1. The number of ether oxygens (including phenoxy) is 1. The molecule has 0 heterocycles. The minimum atomic E-state index is -0.794. The summed E-state index contributed by atoms with van der Waals surface area (Å²) in [5.74, 6) is -0.529. The molecule has 0 bridgehead atoms. The van der Waals surface area contributed by atoms with Gasteiger partial charge in [0.2, 0.25) is 0 Å². The fourth-order valence-electron chi connectivity index (χ4n) is 2.65. The summed E-state index contributed by atoms with van der Waals surface area (Å²) in [6, 6.07) is 4.61. The van der Waals surface area contributed by atoms with Gasteiger partial charge in [0.15, 0.2) is 0 Å². The van der Waals surface area contributed by atoms with Crippen molar-refractivity contribution in [2.45, 2.75) is 31.3 Å². The molecule has 2 rings (SSSR count). The van der Waals surface area contributed by atoms with Crippen molar-refractivity contribution in [3.63, 3.8) is 0 Å². The Bertz CT molecular complexity index is 621. The zero-order valence-corrected chi connectivity index (χ0v) is 12.9. The lowest BCUT2D eigenvalue weighted by molar-refractivity contribution is -0.384. The molecular weight excluding hydrogens is 300 g/mol. The molecular formula is C16H20N2O5. The van der Waals surface area contributed by atoms with E-state index in [0.717, 1.165) is 12.8 Å². The third-order valence-electron chi connectivity index (χ3n) is 3.97. The molecule has 0 atom stereocenters. The number of aliphatic hydroxyl groups is 1. The summed E-state index contributed by atoms with van der Waals surface area (Å²) >= 11 is 0. The van der Waals surface area contributed by atoms with Gasteiger partial charge in [0.1, 0.15) is 5.69 Å². The molecule has 23 heavy (non-hydrogen) atoms. The van der Waals surface area contributed by atoms with Crippen LogP contribution in [0.2, 0.25) is 0 Å². The van der Waals surface area contributed by atoms with Crippen LogP contribution in [0.15, 0.2) is 24.3 Å². The molecule has 1 aromatic carbocycles. The van der Waals surface area contributed by atoms with Crippen LogP contribution in [0.5, 0.6) is 0 Å². The van der Waals surface area contributed by atoms with Crippen molar-refractivity contribution in [3.8, 4) is 0 Å². The zero-order chi connectivity index (χ0) is 16.9. The maximum absolute atomic E-state index is 11.2. The summed E-state index contributed by atoms with van der Waals surface area (Å²) in [5, 5.41) is 24.5. The van der Waals surface area contributed by atoms with Crippen LogP contribution in [0.4, 0.5) is 11.4 Å². The van der Waals surface area contributed by atoms with E-state index in [1.54, 1.807) is 12.1 Å². The quantitative estimate of drug-likeness (QED) is 0.361. The molecule has 1 aliphatic rings. The second-order valence-electron chi connectivity index (χ2n) is 5.68. The van der Waals surface area contributed by atoms with Gasteiger partial charge in [-0.05, 0) is 30.5 Å². The molecule has 1 fully saturated rings. The summed E-state index contributed by atoms with van der Waals surface area (Å²) in [7, 11) is 1.26. The van der Waals surface area contributed by atoms with Crippen LogP contribution in [0.3, 0.4) is 0 Å². The molecule has 124 valence electrons. The molecule has 0 unspecified atom stereocenters. The van der Waals surface area contributed by atoms with Gasteiger partial charge in [0.25, 0.3) is 5.69 Å². The molecule has 0 saturated heterocycles. The molecule has 0 aliphatic heterocycles. The summed E-state index contributed by atoms with van der Waals surface area (Å²) in [6.07, 6.45) is 6.00. The highest BCUT2D eigenvalue weighted by Gasteiger charge is 2.31. The SMILES string of the molecule is COC(=O)/C=C/c1ccc(NCC2(O)CCCC2)c([N+](=O)[O-])c1. The van der Waals surface area contributed by atoms with Gasteiger partial charge in [-0.25, -0.2) is 4.79 Å². The zero-order valence-electron chi connectivity index (χ0n) is 12.9. The predicted molar refractivity (Wildman–Crippen MR) is 86.1 cm³/mol. The maximum atomic E-state index is 11.2. The van der Waals surface area contributed by atoms with E-state index < -0.39 is 16.5 Å². The average Bonchev–Trinajstić information content (AvgIpc) is 2.97. The Morgan fingerprint density at radius 1 is 1.48 bits per heavy atom. The Balaban J connectivity index is 2.14. The van der Waals surface area contributed by atoms with Gasteiger partial charge in [0, 0.05) is 18.7 Å². The minimum absolute atomic E-state index is 0.0985. The lowest BCUT2D eigenvalue weighted by Crippen LogP contribution is -2.33. The molecule has 7 heteroatoms. The number of esters is 1. The second-order valence-corrected chi connectivity index (χ2v) is 5.68. The second kappa shape index (κ2) is 7.23. The van der Waals surface area contributed by atoms with Crippen molar-refractivity contribution in [1.82, 2.24) is 0 Å². The van der Waals surface area contributed by atoms with Gasteiger partial charge in [-0.1, -0.05) is 18.9 Å². The number of nitro benzene ring substituents is 1. The van der Waals surface area contributed by atoms with E-state index in [-0.39, 0.29) is 12.2 Å². The van der Waals surface area contributed by atoms with Crippen molar-refractivity contribution < 1.29 is 19.6 Å². The molecule has 0 radical (unpaired) electrons. The summed E-state index contributed by atoms with van der Waals surface area (Å²) in [4.78, 5) is 21.8. The number of carbonyl (C=O) groups is 1. The average molecular weight is 320 g/mol. The van der Waals surface area contributed by atoms with Crippen LogP contribution in [-0.2, 0) is 9.53 Å². The van der Waals surface area contributed by atoms with Crippen molar-refractivity contribution >= 4 is 23.4 Å². The van der Waals surface area contributed by atoms with Gasteiger partial charge in [-0.3, -0.25) is 10.1 Å². The van der Waals surface area contributed by atoms with Gasteiger partial charge in [-0.15, -0.1) is 0 Å². The van der Waals surface area contributed by atoms with Crippen molar-refractivity contribution in [2.75, 3.05) is 19.0 Å². The lowest BCUT2D eigenvalue weighted by Gasteiger charge is -2.23. The molecule has 1 aromatic rings. The number of carbonyl (C=O) groups excluding carboxylic acids is 1. The smallest absolute Gasteiger partial charge is 0.330 e. The number of methoxy groups -OCH3 is 1. The number of anilines is 1. The largest absolute Gasteiger partial charge is 0.466 e. The number of rotatable bonds is 6. The molecule has 1 saturated carbocycles. The molecule has 1 aliphatic carbocycles. The van der Waals surface area contributed by atoms with E-state index in [2.05, 4.69) is 10.1 Å². The van der Waals surface area contributed by atoms with E-state index in [9.17, 15) is 20.0 Å². The highest BCUT2D eigenvalue weighted by molar-refractivity contribution is 5.87. The fourth-order valence-corrected chi connectivity index (χ4v) is 2.65. The Hall–Kier alpha value is -2.41. The minimum Gasteiger partial charge on any atom is -0.466 e. The third-order valence-corrected chi connectivity index (χ3v) is 3.97. The lowest BCUT2D eigenvalue weighted by atomic mass is 10.0. The summed E-state index contributed by atoms with van der Waals surface area (Å²) < 4.78 is 4.48. The van der Waals surface area contributed by atoms with Crippen LogP contribution in [-0.4, -0.2) is 35.3 Å². The standard InChI is InChI=1S/C16H20N2O5/c1-23-15(19)7-5-12-4-6-13(14(10-12)18(21)22)17-11-16(20)8-2-3-9-16/h4-7,10,17,20H,2-3,8-9,11H2,1H3/b7-5+. The van der Waals surface area contributed by atoms with Gasteiger partial charge >= 0.3 is 5.97 Å². The van der Waals surface area contributed by atoms with E-state index in [4.69, 9.17) is 0 Å². The number of nitrogens with one attached hydrogen (secondary N) is 1. The number of hydrogen-bond acceptors (Lipinski definition) is 6. The molecule has 0 spiro atoms. The predicted octanol–water partition coefficient (Wildman–Crippen LogP) is 2.50. The van der Waals surface area contributed by atoms with E-state index >= 15 is 0 Å². The Morgan fingerprint density at radius 3 is 2.78 bits per heavy atom. The van der Waals surface area contributed by atoms with Crippen molar-refractivity contribution in [2.24, 2.45) is 0 Å². The molecule has 7 nitrogen and oxygen atoms in total. The van der Waals surface area contributed by atoms with Gasteiger partial charge in [-0.2, -0.15) is 0 Å². The van der Waals surface area contributed by atoms with E-state index in [1.165, 1.54) is 25.3 Å². The highest BCUT2D eigenvalue weighted by atomic mass is 16.6. The maximum Gasteiger partial charge on any atom is 0.330 e. The highest BCUT2D eigenvalue weighted by Crippen LogP contribution is 2.32. The van der Waals surface area contributed by atoms with Gasteiger partial charge < -0.3 is 15.2 Å².